The minimum Gasteiger partial charge on any atom is -0.459 e. The number of fused-ring (bicyclic) bond motifs is 1. The van der Waals surface area contributed by atoms with Crippen molar-refractivity contribution in [2.45, 2.75) is 46.3 Å². The third-order valence-electron chi connectivity index (χ3n) is 3.46. The van der Waals surface area contributed by atoms with E-state index in [9.17, 15) is 0 Å². The average Bonchev–Trinajstić information content (AvgIpc) is 2.83. The molecule has 0 fully saturated rings. The van der Waals surface area contributed by atoms with Crippen molar-refractivity contribution >= 4 is 11.0 Å². The van der Waals surface area contributed by atoms with Crippen LogP contribution in [0.15, 0.2) is 28.7 Å². The molecule has 0 spiro atoms. The predicted octanol–water partition coefficient (Wildman–Crippen LogP) is 4.25. The van der Waals surface area contributed by atoms with Crippen molar-refractivity contribution in [2.24, 2.45) is 0 Å². The van der Waals surface area contributed by atoms with Gasteiger partial charge in [-0.25, -0.2) is 0 Å². The molecule has 3 heteroatoms. The molecule has 1 N–H and O–H groups in total. The minimum absolute atomic E-state index is 0.640. The molecule has 110 valence electrons. The Morgan fingerprint density at radius 3 is 2.80 bits per heavy atom. The lowest BCUT2D eigenvalue weighted by molar-refractivity contribution is 0.116. The summed E-state index contributed by atoms with van der Waals surface area (Å²) < 4.78 is 11.8. The van der Waals surface area contributed by atoms with E-state index >= 15 is 0 Å². The normalized spacial score (nSPS) is 11.3. The van der Waals surface area contributed by atoms with E-state index in [0.29, 0.717) is 6.61 Å². The second kappa shape index (κ2) is 8.08. The molecule has 0 saturated carbocycles. The molecule has 1 aromatic heterocycles. The molecular weight excluding hydrogens is 250 g/mol. The summed E-state index contributed by atoms with van der Waals surface area (Å²) in [7, 11) is 0. The summed E-state index contributed by atoms with van der Waals surface area (Å²) >= 11 is 0. The maximum absolute atomic E-state index is 5.94. The Balaban J connectivity index is 2.07. The quantitative estimate of drug-likeness (QED) is 0.695. The number of furan rings is 1. The molecule has 3 nitrogen and oxygen atoms in total. The molecule has 20 heavy (non-hydrogen) atoms. The molecule has 0 amide bonds. The topological polar surface area (TPSA) is 34.4 Å². The van der Waals surface area contributed by atoms with E-state index in [4.69, 9.17) is 9.15 Å². The molecule has 0 unspecified atom stereocenters. The number of hydrogen-bond donors (Lipinski definition) is 1. The smallest absolute Gasteiger partial charge is 0.134 e. The first kappa shape index (κ1) is 15.1. The minimum atomic E-state index is 0.640. The van der Waals surface area contributed by atoms with Gasteiger partial charge >= 0.3 is 0 Å². The number of para-hydroxylation sites is 1. The highest BCUT2D eigenvalue weighted by atomic mass is 16.5. The summed E-state index contributed by atoms with van der Waals surface area (Å²) in [4.78, 5) is 0. The molecule has 1 aromatic carbocycles. The van der Waals surface area contributed by atoms with Crippen LogP contribution >= 0.6 is 0 Å². The Hall–Kier alpha value is -1.32. The first-order chi connectivity index (χ1) is 9.86. The van der Waals surface area contributed by atoms with E-state index in [1.807, 2.05) is 12.1 Å². The van der Waals surface area contributed by atoms with Crippen LogP contribution in [-0.2, 0) is 17.9 Å². The van der Waals surface area contributed by atoms with Crippen LogP contribution in [-0.4, -0.2) is 13.2 Å². The largest absolute Gasteiger partial charge is 0.459 e. The van der Waals surface area contributed by atoms with Crippen molar-refractivity contribution < 1.29 is 9.15 Å². The van der Waals surface area contributed by atoms with E-state index in [1.54, 1.807) is 0 Å². The third-order valence-corrected chi connectivity index (χ3v) is 3.46. The third kappa shape index (κ3) is 3.84. The number of rotatable bonds is 9. The molecular formula is C17H25NO2. The highest BCUT2D eigenvalue weighted by Gasteiger charge is 2.13. The van der Waals surface area contributed by atoms with Gasteiger partial charge in [0.05, 0.1) is 13.2 Å². The van der Waals surface area contributed by atoms with Crippen LogP contribution in [0.25, 0.3) is 11.0 Å². The number of nitrogens with one attached hydrogen (secondary N) is 1. The van der Waals surface area contributed by atoms with E-state index in [-0.39, 0.29) is 0 Å². The Labute approximate surface area is 121 Å². The molecule has 0 radical (unpaired) electrons. The van der Waals surface area contributed by atoms with Gasteiger partial charge in [0.15, 0.2) is 0 Å². The van der Waals surface area contributed by atoms with Gasteiger partial charge in [-0.2, -0.15) is 0 Å². The van der Waals surface area contributed by atoms with Crippen LogP contribution in [0, 0.1) is 0 Å². The number of unbranched alkanes of at least 4 members (excludes halogenated alkanes) is 2. The van der Waals surface area contributed by atoms with Gasteiger partial charge in [0, 0.05) is 17.6 Å². The van der Waals surface area contributed by atoms with Crippen molar-refractivity contribution in [3.63, 3.8) is 0 Å². The van der Waals surface area contributed by atoms with Crippen LogP contribution in [0.4, 0.5) is 0 Å². The number of benzene rings is 1. The van der Waals surface area contributed by atoms with Gasteiger partial charge in [0.1, 0.15) is 11.3 Å². The fraction of sp³-hybridized carbons (Fsp3) is 0.529. The maximum atomic E-state index is 5.94. The van der Waals surface area contributed by atoms with E-state index in [0.717, 1.165) is 37.5 Å². The van der Waals surface area contributed by atoms with Crippen molar-refractivity contribution in [3.8, 4) is 0 Å². The molecule has 0 aliphatic carbocycles. The summed E-state index contributed by atoms with van der Waals surface area (Å²) in [6.45, 7) is 7.48. The summed E-state index contributed by atoms with van der Waals surface area (Å²) in [6.07, 6.45) is 3.59. The Morgan fingerprint density at radius 2 is 2.00 bits per heavy atom. The van der Waals surface area contributed by atoms with Gasteiger partial charge < -0.3 is 14.5 Å². The van der Waals surface area contributed by atoms with Gasteiger partial charge in [0.2, 0.25) is 0 Å². The molecule has 0 bridgehead atoms. The highest BCUT2D eigenvalue weighted by molar-refractivity contribution is 5.82. The second-order valence-corrected chi connectivity index (χ2v) is 5.04. The molecule has 1 heterocycles. The first-order valence-corrected chi connectivity index (χ1v) is 7.64. The Bertz CT molecular complexity index is 519. The van der Waals surface area contributed by atoms with Gasteiger partial charge in [-0.15, -0.1) is 0 Å². The van der Waals surface area contributed by atoms with Gasteiger partial charge in [-0.05, 0) is 19.0 Å². The van der Waals surface area contributed by atoms with Crippen molar-refractivity contribution in [1.82, 2.24) is 5.32 Å². The SMILES string of the molecule is CCCCCOCc1c(CNCC)oc2ccccc12. The lowest BCUT2D eigenvalue weighted by Crippen LogP contribution is -2.12. The summed E-state index contributed by atoms with van der Waals surface area (Å²) in [5.74, 6) is 1.00. The van der Waals surface area contributed by atoms with Crippen molar-refractivity contribution in [2.75, 3.05) is 13.2 Å². The fourth-order valence-electron chi connectivity index (χ4n) is 2.32. The van der Waals surface area contributed by atoms with Crippen LogP contribution in [0.2, 0.25) is 0 Å². The molecule has 0 aliphatic rings. The predicted molar refractivity (Wildman–Crippen MR) is 82.8 cm³/mol. The van der Waals surface area contributed by atoms with Crippen molar-refractivity contribution in [3.05, 3.63) is 35.6 Å². The molecule has 0 saturated heterocycles. The first-order valence-electron chi connectivity index (χ1n) is 7.64. The average molecular weight is 275 g/mol. The van der Waals surface area contributed by atoms with Crippen LogP contribution in [0.5, 0.6) is 0 Å². The maximum Gasteiger partial charge on any atom is 0.134 e. The van der Waals surface area contributed by atoms with Crippen LogP contribution in [0.3, 0.4) is 0 Å². The zero-order valence-electron chi connectivity index (χ0n) is 12.6. The molecule has 0 atom stereocenters. The van der Waals surface area contributed by atoms with E-state index in [1.165, 1.54) is 23.8 Å². The number of hydrogen-bond acceptors (Lipinski definition) is 3. The Morgan fingerprint density at radius 1 is 1.15 bits per heavy atom. The monoisotopic (exact) mass is 275 g/mol. The summed E-state index contributed by atoms with van der Waals surface area (Å²) in [5.41, 5.74) is 2.14. The van der Waals surface area contributed by atoms with Crippen LogP contribution in [0.1, 0.15) is 44.4 Å². The van der Waals surface area contributed by atoms with Gasteiger partial charge in [-0.1, -0.05) is 44.9 Å². The van der Waals surface area contributed by atoms with Crippen molar-refractivity contribution in [1.29, 1.82) is 0 Å². The molecule has 2 rings (SSSR count). The Kier molecular flexibility index (Phi) is 6.09. The molecule has 0 aliphatic heterocycles. The van der Waals surface area contributed by atoms with Gasteiger partial charge in [-0.3, -0.25) is 0 Å². The summed E-state index contributed by atoms with van der Waals surface area (Å²) in [5, 5.41) is 4.50. The van der Waals surface area contributed by atoms with E-state index in [2.05, 4.69) is 31.3 Å². The lowest BCUT2D eigenvalue weighted by atomic mass is 10.1. The standard InChI is InChI=1S/C17H25NO2/c1-3-5-8-11-19-13-15-14-9-6-7-10-16(14)20-17(15)12-18-4-2/h6-7,9-10,18H,3-5,8,11-13H2,1-2H3. The second-order valence-electron chi connectivity index (χ2n) is 5.04. The highest BCUT2D eigenvalue weighted by Crippen LogP contribution is 2.26. The molecule has 2 aromatic rings. The fourth-order valence-corrected chi connectivity index (χ4v) is 2.32. The number of ether oxygens (including phenoxy) is 1. The van der Waals surface area contributed by atoms with E-state index < -0.39 is 0 Å². The van der Waals surface area contributed by atoms with Crippen LogP contribution < -0.4 is 5.32 Å². The lowest BCUT2D eigenvalue weighted by Gasteiger charge is -2.05. The zero-order valence-corrected chi connectivity index (χ0v) is 12.6. The van der Waals surface area contributed by atoms with Gasteiger partial charge in [0.25, 0.3) is 0 Å². The zero-order chi connectivity index (χ0) is 14.2. The summed E-state index contributed by atoms with van der Waals surface area (Å²) in [6, 6.07) is 8.19.